The third-order valence-electron chi connectivity index (χ3n) is 1.35. The van der Waals surface area contributed by atoms with Crippen LogP contribution < -0.4 is 10.5 Å². The van der Waals surface area contributed by atoms with Gasteiger partial charge in [-0.1, -0.05) is 0 Å². The van der Waals surface area contributed by atoms with Gasteiger partial charge in [-0.05, 0) is 6.92 Å². The number of nitrogen functional groups attached to an aromatic ring is 1. The van der Waals surface area contributed by atoms with Crippen LogP contribution in [0.5, 0.6) is 6.01 Å². The second-order valence-electron chi connectivity index (χ2n) is 2.62. The maximum atomic E-state index is 11.7. The van der Waals surface area contributed by atoms with E-state index in [1.54, 1.807) is 6.92 Å². The van der Waals surface area contributed by atoms with Crippen molar-refractivity contribution in [2.45, 2.75) is 13.1 Å². The average Bonchev–Trinajstić information content (AvgIpc) is 2.06. The van der Waals surface area contributed by atoms with Crippen molar-refractivity contribution in [2.24, 2.45) is 0 Å². The number of hydrogen-bond acceptors (Lipinski definition) is 4. The Hall–Kier alpha value is -0.530. The van der Waals surface area contributed by atoms with E-state index in [9.17, 15) is 13.2 Å². The van der Waals surface area contributed by atoms with Crippen LogP contribution in [0.15, 0.2) is 6.20 Å². The summed E-state index contributed by atoms with van der Waals surface area (Å²) in [4.78, 5) is 7.05. The minimum absolute atomic E-state index is 0. The van der Waals surface area contributed by atoms with Gasteiger partial charge in [0.2, 0.25) is 0 Å². The average molecular weight is 230 g/mol. The molecule has 0 aliphatic carbocycles. The van der Waals surface area contributed by atoms with Gasteiger partial charge >= 0.3 is 12.2 Å². The Kier molecular flexibility index (Phi) is 5.33. The zero-order chi connectivity index (χ0) is 10.8. The molecule has 1 rings (SSSR count). The molecule has 0 amide bonds. The van der Waals surface area contributed by atoms with Crippen molar-refractivity contribution in [2.75, 3.05) is 12.3 Å². The molecule has 0 aliphatic heterocycles. The molecule has 79 valence electrons. The van der Waals surface area contributed by atoms with E-state index in [4.69, 9.17) is 5.73 Å². The monoisotopic (exact) mass is 230 g/mol. The van der Waals surface area contributed by atoms with Gasteiger partial charge in [0, 0.05) is 41.3 Å². The molecule has 1 radical (unpaired) electrons. The van der Waals surface area contributed by atoms with Crippen LogP contribution in [0.3, 0.4) is 0 Å². The van der Waals surface area contributed by atoms with Crippen LogP contribution in [0.25, 0.3) is 0 Å². The fourth-order valence-electron chi connectivity index (χ4n) is 0.654. The maximum Gasteiger partial charge on any atom is 0.422 e. The molecule has 1 aromatic rings. The number of aromatic nitrogens is 2. The van der Waals surface area contributed by atoms with Gasteiger partial charge in [0.15, 0.2) is 6.61 Å². The Labute approximate surface area is 106 Å². The van der Waals surface area contributed by atoms with Crippen LogP contribution in [-0.4, -0.2) is 52.3 Å². The molecule has 8 heteroatoms. The Morgan fingerprint density at radius 3 is 2.53 bits per heavy atom. The van der Waals surface area contributed by atoms with Crippen LogP contribution in [-0.2, 0) is 0 Å². The first-order chi connectivity index (χ1) is 6.38. The summed E-state index contributed by atoms with van der Waals surface area (Å²) in [5.74, 6) is 0.108. The van der Waals surface area contributed by atoms with E-state index in [1.807, 2.05) is 0 Å². The van der Waals surface area contributed by atoms with Crippen LogP contribution in [0.4, 0.5) is 19.0 Å². The number of halogens is 3. The molecule has 0 fully saturated rings. The fourth-order valence-corrected chi connectivity index (χ4v) is 0.654. The summed E-state index contributed by atoms with van der Waals surface area (Å²) in [5, 5.41) is 0. The minimum Gasteiger partial charge on any atom is -0.454 e. The molecular formula is C7H8F3N3NaO. The molecule has 15 heavy (non-hydrogen) atoms. The molecule has 0 unspecified atom stereocenters. The number of ether oxygens (including phenoxy) is 1. The number of nitrogens with zero attached hydrogens (tertiary/aromatic N) is 2. The van der Waals surface area contributed by atoms with Crippen LogP contribution >= 0.6 is 0 Å². The molecule has 1 heterocycles. The predicted molar refractivity (Wildman–Crippen MR) is 48.5 cm³/mol. The van der Waals surface area contributed by atoms with E-state index >= 15 is 0 Å². The summed E-state index contributed by atoms with van der Waals surface area (Å²) in [6.45, 7) is 0.221. The van der Waals surface area contributed by atoms with Gasteiger partial charge in [-0.25, -0.2) is 4.98 Å². The van der Waals surface area contributed by atoms with Crippen LogP contribution in [0.1, 0.15) is 5.56 Å². The summed E-state index contributed by atoms with van der Waals surface area (Å²) in [5.41, 5.74) is 5.93. The van der Waals surface area contributed by atoms with E-state index in [2.05, 4.69) is 14.7 Å². The number of rotatable bonds is 2. The summed E-state index contributed by atoms with van der Waals surface area (Å²) in [6.07, 6.45) is -3.10. The SMILES string of the molecule is Cc1cnc(OCC(F)(F)F)nc1N.[Na]. The van der Waals surface area contributed by atoms with Gasteiger partial charge < -0.3 is 10.5 Å². The Morgan fingerprint density at radius 2 is 2.07 bits per heavy atom. The zero-order valence-corrected chi connectivity index (χ0v) is 10.3. The largest absolute Gasteiger partial charge is 0.454 e. The molecular weight excluding hydrogens is 222 g/mol. The summed E-state index contributed by atoms with van der Waals surface area (Å²) >= 11 is 0. The molecule has 4 nitrogen and oxygen atoms in total. The third-order valence-corrected chi connectivity index (χ3v) is 1.35. The summed E-state index contributed by atoms with van der Waals surface area (Å²) in [7, 11) is 0. The van der Waals surface area contributed by atoms with Crippen molar-refractivity contribution in [3.05, 3.63) is 11.8 Å². The predicted octanol–water partition coefficient (Wildman–Crippen LogP) is 0.928. The smallest absolute Gasteiger partial charge is 0.422 e. The molecule has 0 bridgehead atoms. The first kappa shape index (κ1) is 14.5. The first-order valence-corrected chi connectivity index (χ1v) is 3.67. The second kappa shape index (κ2) is 5.53. The van der Waals surface area contributed by atoms with E-state index in [-0.39, 0.29) is 41.4 Å². The van der Waals surface area contributed by atoms with Crippen molar-refractivity contribution in [1.82, 2.24) is 9.97 Å². The second-order valence-corrected chi connectivity index (χ2v) is 2.62. The molecule has 0 saturated carbocycles. The van der Waals surface area contributed by atoms with Crippen molar-refractivity contribution in [3.63, 3.8) is 0 Å². The first-order valence-electron chi connectivity index (χ1n) is 3.67. The van der Waals surface area contributed by atoms with Gasteiger partial charge in [0.05, 0.1) is 0 Å². The molecule has 2 N–H and O–H groups in total. The van der Waals surface area contributed by atoms with E-state index in [0.717, 1.165) is 0 Å². The number of alkyl halides is 3. The Bertz CT molecular complexity index is 332. The number of anilines is 1. The fraction of sp³-hybridized carbons (Fsp3) is 0.429. The normalized spacial score (nSPS) is 10.7. The third kappa shape index (κ3) is 5.19. The minimum atomic E-state index is -4.40. The molecule has 0 saturated heterocycles. The van der Waals surface area contributed by atoms with Gasteiger partial charge in [0.1, 0.15) is 5.82 Å². The van der Waals surface area contributed by atoms with Gasteiger partial charge in [-0.2, -0.15) is 18.2 Å². The number of hydrogen-bond donors (Lipinski definition) is 1. The number of aryl methyl sites for hydroxylation is 1. The van der Waals surface area contributed by atoms with Gasteiger partial charge in [0.25, 0.3) is 0 Å². The standard InChI is InChI=1S/C7H8F3N3O.Na/c1-4-2-12-6(13-5(4)11)14-3-7(8,9)10;/h2H,3H2,1H3,(H2,11,12,13);. The van der Waals surface area contributed by atoms with Crippen molar-refractivity contribution < 1.29 is 17.9 Å². The molecule has 0 aromatic carbocycles. The van der Waals surface area contributed by atoms with E-state index in [1.165, 1.54) is 6.20 Å². The van der Waals surface area contributed by atoms with E-state index < -0.39 is 12.8 Å². The van der Waals surface area contributed by atoms with Gasteiger partial charge in [-0.15, -0.1) is 0 Å². The van der Waals surface area contributed by atoms with Crippen molar-refractivity contribution >= 4 is 35.4 Å². The van der Waals surface area contributed by atoms with Crippen molar-refractivity contribution in [3.8, 4) is 6.01 Å². The van der Waals surface area contributed by atoms with Gasteiger partial charge in [-0.3, -0.25) is 0 Å². The van der Waals surface area contributed by atoms with E-state index in [0.29, 0.717) is 5.56 Å². The Morgan fingerprint density at radius 1 is 1.47 bits per heavy atom. The van der Waals surface area contributed by atoms with Crippen LogP contribution in [0.2, 0.25) is 0 Å². The summed E-state index contributed by atoms with van der Waals surface area (Å²) < 4.78 is 39.4. The summed E-state index contributed by atoms with van der Waals surface area (Å²) in [6, 6.07) is -0.370. The van der Waals surface area contributed by atoms with Crippen LogP contribution in [0, 0.1) is 6.92 Å². The molecule has 1 aromatic heterocycles. The zero-order valence-electron chi connectivity index (χ0n) is 8.30. The molecule has 0 atom stereocenters. The topological polar surface area (TPSA) is 61.0 Å². The maximum absolute atomic E-state index is 11.7. The van der Waals surface area contributed by atoms with Crippen molar-refractivity contribution in [1.29, 1.82) is 0 Å². The molecule has 0 aliphatic rings. The quantitative estimate of drug-likeness (QED) is 0.767. The molecule has 0 spiro atoms. The Balaban J connectivity index is 0.00000196. The number of nitrogens with two attached hydrogens (primary N) is 1.